The zero-order chi connectivity index (χ0) is 20.3. The summed E-state index contributed by atoms with van der Waals surface area (Å²) in [5.41, 5.74) is 0.317. The first-order valence-corrected chi connectivity index (χ1v) is 11.0. The Morgan fingerprint density at radius 2 is 2.03 bits per heavy atom. The molecule has 1 aliphatic carbocycles. The third kappa shape index (κ3) is 4.48. The third-order valence-corrected chi connectivity index (χ3v) is 6.49. The molecule has 1 saturated carbocycles. The van der Waals surface area contributed by atoms with Gasteiger partial charge >= 0.3 is 0 Å². The van der Waals surface area contributed by atoms with Gasteiger partial charge in [0.2, 0.25) is 11.8 Å². The molecule has 2 heterocycles. The van der Waals surface area contributed by atoms with E-state index in [-0.39, 0.29) is 30.9 Å². The lowest BCUT2D eigenvalue weighted by molar-refractivity contribution is -0.162. The van der Waals surface area contributed by atoms with Crippen LogP contribution >= 0.6 is 0 Å². The standard InChI is InChI=1S/C23H32N2O4/c1-17-7-5-11-23(14-17)25(21(26)13-18-8-3-2-4-9-18)20(16-29-23)22(27)24-15-19-10-6-12-28-19/h2-4,8-9,17,19-20H,5-7,10-16H2,1H3,(H,24,27). The summed E-state index contributed by atoms with van der Waals surface area (Å²) in [6.07, 6.45) is 6.13. The Morgan fingerprint density at radius 1 is 1.21 bits per heavy atom. The smallest absolute Gasteiger partial charge is 0.245 e. The van der Waals surface area contributed by atoms with Crippen LogP contribution in [0, 0.1) is 5.92 Å². The van der Waals surface area contributed by atoms with Crippen molar-refractivity contribution in [1.29, 1.82) is 0 Å². The minimum absolute atomic E-state index is 0.0277. The molecule has 3 aliphatic rings. The maximum atomic E-state index is 13.4. The summed E-state index contributed by atoms with van der Waals surface area (Å²) in [6, 6.07) is 9.16. The van der Waals surface area contributed by atoms with Crippen LogP contribution in [-0.4, -0.2) is 54.3 Å². The van der Waals surface area contributed by atoms with E-state index in [9.17, 15) is 9.59 Å². The van der Waals surface area contributed by atoms with Crippen molar-refractivity contribution < 1.29 is 19.1 Å². The van der Waals surface area contributed by atoms with Gasteiger partial charge in [-0.1, -0.05) is 43.7 Å². The molecule has 6 nitrogen and oxygen atoms in total. The van der Waals surface area contributed by atoms with E-state index in [2.05, 4.69) is 12.2 Å². The monoisotopic (exact) mass is 400 g/mol. The van der Waals surface area contributed by atoms with E-state index in [1.807, 2.05) is 30.3 Å². The van der Waals surface area contributed by atoms with Gasteiger partial charge in [-0.3, -0.25) is 14.5 Å². The van der Waals surface area contributed by atoms with Crippen LogP contribution in [0.2, 0.25) is 0 Å². The highest BCUT2D eigenvalue weighted by molar-refractivity contribution is 5.89. The molecule has 1 aromatic rings. The molecule has 4 rings (SSSR count). The maximum absolute atomic E-state index is 13.4. The Balaban J connectivity index is 1.51. The summed E-state index contributed by atoms with van der Waals surface area (Å²) in [4.78, 5) is 28.2. The van der Waals surface area contributed by atoms with Gasteiger partial charge < -0.3 is 14.8 Å². The summed E-state index contributed by atoms with van der Waals surface area (Å²) in [7, 11) is 0. The Bertz CT molecular complexity index is 719. The summed E-state index contributed by atoms with van der Waals surface area (Å²) < 4.78 is 11.9. The van der Waals surface area contributed by atoms with Gasteiger partial charge in [0, 0.05) is 13.2 Å². The maximum Gasteiger partial charge on any atom is 0.245 e. The molecule has 29 heavy (non-hydrogen) atoms. The Labute approximate surface area is 172 Å². The molecule has 1 aromatic carbocycles. The molecule has 1 spiro atoms. The van der Waals surface area contributed by atoms with Gasteiger partial charge in [0.1, 0.15) is 11.8 Å². The number of rotatable bonds is 5. The average Bonchev–Trinajstić information content (AvgIpc) is 3.35. The first-order chi connectivity index (χ1) is 14.1. The van der Waals surface area contributed by atoms with Gasteiger partial charge in [0.25, 0.3) is 0 Å². The number of ether oxygens (including phenoxy) is 2. The molecule has 0 radical (unpaired) electrons. The van der Waals surface area contributed by atoms with E-state index in [0.29, 0.717) is 12.5 Å². The Morgan fingerprint density at radius 3 is 2.76 bits per heavy atom. The van der Waals surface area contributed by atoms with Crippen molar-refractivity contribution in [2.45, 2.75) is 69.7 Å². The summed E-state index contributed by atoms with van der Waals surface area (Å²) in [5.74, 6) is 0.321. The van der Waals surface area contributed by atoms with Crippen molar-refractivity contribution in [2.24, 2.45) is 5.92 Å². The van der Waals surface area contributed by atoms with E-state index in [0.717, 1.165) is 50.7 Å². The molecule has 6 heteroatoms. The quantitative estimate of drug-likeness (QED) is 0.825. The highest BCUT2D eigenvalue weighted by Gasteiger charge is 2.53. The molecule has 0 aromatic heterocycles. The van der Waals surface area contributed by atoms with Crippen molar-refractivity contribution in [3.8, 4) is 0 Å². The molecule has 158 valence electrons. The second-order valence-electron chi connectivity index (χ2n) is 8.78. The van der Waals surface area contributed by atoms with Crippen LogP contribution < -0.4 is 5.32 Å². The van der Waals surface area contributed by atoms with Gasteiger partial charge in [-0.25, -0.2) is 0 Å². The zero-order valence-electron chi connectivity index (χ0n) is 17.3. The lowest BCUT2D eigenvalue weighted by Gasteiger charge is -2.43. The van der Waals surface area contributed by atoms with Gasteiger partial charge in [-0.2, -0.15) is 0 Å². The number of nitrogens with one attached hydrogen (secondary N) is 1. The summed E-state index contributed by atoms with van der Waals surface area (Å²) >= 11 is 0. The fraction of sp³-hybridized carbons (Fsp3) is 0.652. The van der Waals surface area contributed by atoms with Crippen LogP contribution in [0.15, 0.2) is 30.3 Å². The predicted molar refractivity (Wildman–Crippen MR) is 109 cm³/mol. The number of benzene rings is 1. The van der Waals surface area contributed by atoms with Crippen LogP contribution in [0.4, 0.5) is 0 Å². The molecular weight excluding hydrogens is 368 g/mol. The van der Waals surface area contributed by atoms with E-state index < -0.39 is 11.8 Å². The topological polar surface area (TPSA) is 67.9 Å². The van der Waals surface area contributed by atoms with Crippen LogP contribution in [0.3, 0.4) is 0 Å². The summed E-state index contributed by atoms with van der Waals surface area (Å²) in [5, 5.41) is 3.01. The van der Waals surface area contributed by atoms with E-state index >= 15 is 0 Å². The van der Waals surface area contributed by atoms with Crippen molar-refractivity contribution >= 4 is 11.8 Å². The fourth-order valence-electron chi connectivity index (χ4n) is 5.07. The molecular formula is C23H32N2O4. The molecule has 2 amide bonds. The lowest BCUT2D eigenvalue weighted by atomic mass is 9.83. The highest BCUT2D eigenvalue weighted by Crippen LogP contribution is 2.43. The highest BCUT2D eigenvalue weighted by atomic mass is 16.5. The molecule has 2 aliphatic heterocycles. The number of hydrogen-bond acceptors (Lipinski definition) is 4. The van der Waals surface area contributed by atoms with Crippen molar-refractivity contribution in [3.05, 3.63) is 35.9 Å². The van der Waals surface area contributed by atoms with Crippen molar-refractivity contribution in [2.75, 3.05) is 19.8 Å². The molecule has 3 fully saturated rings. The summed E-state index contributed by atoms with van der Waals surface area (Å²) in [6.45, 7) is 3.73. The Hall–Kier alpha value is -1.92. The molecule has 4 atom stereocenters. The van der Waals surface area contributed by atoms with Gasteiger partial charge in [0.15, 0.2) is 0 Å². The van der Waals surface area contributed by atoms with E-state index in [1.165, 1.54) is 0 Å². The van der Waals surface area contributed by atoms with Crippen molar-refractivity contribution in [3.63, 3.8) is 0 Å². The number of carbonyl (C=O) groups excluding carboxylic acids is 2. The van der Waals surface area contributed by atoms with E-state index in [1.54, 1.807) is 4.90 Å². The van der Waals surface area contributed by atoms with Gasteiger partial charge in [0.05, 0.1) is 19.1 Å². The van der Waals surface area contributed by atoms with Gasteiger partial charge in [-0.05, 0) is 43.6 Å². The molecule has 0 bridgehead atoms. The minimum Gasteiger partial charge on any atom is -0.376 e. The SMILES string of the molecule is CC1CCCC2(C1)OCC(C(=O)NCC1CCCO1)N2C(=O)Cc1ccccc1. The van der Waals surface area contributed by atoms with Crippen LogP contribution in [0.25, 0.3) is 0 Å². The van der Waals surface area contributed by atoms with Gasteiger partial charge in [-0.15, -0.1) is 0 Å². The number of nitrogens with zero attached hydrogens (tertiary/aromatic N) is 1. The third-order valence-electron chi connectivity index (χ3n) is 6.49. The molecule has 1 N–H and O–H groups in total. The fourth-order valence-corrected chi connectivity index (χ4v) is 5.07. The zero-order valence-corrected chi connectivity index (χ0v) is 17.3. The second-order valence-corrected chi connectivity index (χ2v) is 8.78. The average molecular weight is 401 g/mol. The molecule has 4 unspecified atom stereocenters. The van der Waals surface area contributed by atoms with Crippen LogP contribution in [0.5, 0.6) is 0 Å². The number of carbonyl (C=O) groups is 2. The first-order valence-electron chi connectivity index (χ1n) is 11.0. The van der Waals surface area contributed by atoms with E-state index in [4.69, 9.17) is 9.47 Å². The molecule has 2 saturated heterocycles. The van der Waals surface area contributed by atoms with Crippen LogP contribution in [0.1, 0.15) is 51.0 Å². The lowest BCUT2D eigenvalue weighted by Crippen LogP contribution is -2.57. The minimum atomic E-state index is -0.643. The van der Waals surface area contributed by atoms with Crippen LogP contribution in [-0.2, 0) is 25.5 Å². The first kappa shape index (κ1) is 20.4. The second kappa shape index (κ2) is 8.84. The number of hydrogen-bond donors (Lipinski definition) is 1. The predicted octanol–water partition coefficient (Wildman–Crippen LogP) is 2.66. The normalized spacial score (nSPS) is 31.9. The van der Waals surface area contributed by atoms with Crippen molar-refractivity contribution in [1.82, 2.24) is 10.2 Å². The largest absolute Gasteiger partial charge is 0.376 e. The number of amides is 2. The Kier molecular flexibility index (Phi) is 6.20.